The van der Waals surface area contributed by atoms with E-state index in [4.69, 9.17) is 19.6 Å². The van der Waals surface area contributed by atoms with Crippen LogP contribution in [-0.2, 0) is 15.9 Å². The first-order chi connectivity index (χ1) is 19.6. The summed E-state index contributed by atoms with van der Waals surface area (Å²) in [4.78, 5) is 44.5. The van der Waals surface area contributed by atoms with Gasteiger partial charge in [-0.3, -0.25) is 15.5 Å². The fraction of sp³-hybridized carbons (Fsp3) is 0.355. The normalized spacial score (nSPS) is 11.8. The molecule has 4 aromatic rings. The number of amides is 2. The summed E-state index contributed by atoms with van der Waals surface area (Å²) in [5.74, 6) is -0.507. The Kier molecular flexibility index (Phi) is 8.33. The molecule has 2 amide bonds. The van der Waals surface area contributed by atoms with E-state index in [1.165, 1.54) is 0 Å². The Hall–Kier alpha value is -4.80. The van der Waals surface area contributed by atoms with Crippen LogP contribution in [0.1, 0.15) is 73.6 Å². The second kappa shape index (κ2) is 11.6. The highest BCUT2D eigenvalue weighted by atomic mass is 16.6. The third kappa shape index (κ3) is 7.28. The average molecular weight is 576 g/mol. The molecule has 11 nitrogen and oxygen atoms in total. The Morgan fingerprint density at radius 2 is 1.57 bits per heavy atom. The van der Waals surface area contributed by atoms with E-state index >= 15 is 0 Å². The molecular formula is C31H37N5O6. The molecule has 0 aliphatic rings. The van der Waals surface area contributed by atoms with Crippen molar-refractivity contribution in [2.75, 3.05) is 13.7 Å². The highest BCUT2D eigenvalue weighted by Crippen LogP contribution is 2.27. The fourth-order valence-corrected chi connectivity index (χ4v) is 4.38. The predicted molar refractivity (Wildman–Crippen MR) is 161 cm³/mol. The molecule has 4 rings (SSSR count). The number of aromatic nitrogens is 2. The van der Waals surface area contributed by atoms with E-state index in [0.717, 1.165) is 16.5 Å². The van der Waals surface area contributed by atoms with Gasteiger partial charge in [0, 0.05) is 28.4 Å². The lowest BCUT2D eigenvalue weighted by molar-refractivity contribution is 0.00629. The van der Waals surface area contributed by atoms with E-state index in [1.807, 2.05) is 30.3 Å². The summed E-state index contributed by atoms with van der Waals surface area (Å²) in [7, 11) is 1.59. The van der Waals surface area contributed by atoms with Gasteiger partial charge in [-0.2, -0.15) is 0 Å². The first kappa shape index (κ1) is 30.2. The largest absolute Gasteiger partial charge is 0.497 e. The highest BCUT2D eigenvalue weighted by molar-refractivity contribution is 6.18. The van der Waals surface area contributed by atoms with Gasteiger partial charge in [-0.05, 0) is 89.9 Å². The van der Waals surface area contributed by atoms with Gasteiger partial charge in [0.15, 0.2) is 0 Å². The maximum atomic E-state index is 13.1. The molecule has 0 fully saturated rings. The van der Waals surface area contributed by atoms with Crippen LogP contribution in [0.25, 0.3) is 21.8 Å². The Morgan fingerprint density at radius 1 is 0.881 bits per heavy atom. The quantitative estimate of drug-likeness (QED) is 0.112. The number of carbonyl (C=O) groups excluding carboxylic acids is 3. The molecule has 2 heterocycles. The van der Waals surface area contributed by atoms with Gasteiger partial charge in [0.05, 0.1) is 12.7 Å². The first-order valence-corrected chi connectivity index (χ1v) is 13.6. The molecule has 0 aliphatic heterocycles. The average Bonchev–Trinajstić information content (AvgIpc) is 3.47. The van der Waals surface area contributed by atoms with Gasteiger partial charge in [0.25, 0.3) is 5.91 Å². The Morgan fingerprint density at radius 3 is 2.24 bits per heavy atom. The molecule has 0 spiro atoms. The number of amidine groups is 1. The standard InChI is InChI=1S/C31H37N5O6/c1-30(2,3)41-28(38)25-24(26(32)36-29(39)42-31(4,5)6)20-14-17(8-10-22(20)35-25)12-13-33-27(37)23-16-18-15-19(40-7)9-11-21(18)34-23/h8-11,14-16,34-35H,12-13H2,1-7H3,(H,33,37)(H2,32,36,39). The van der Waals surface area contributed by atoms with E-state index in [2.05, 4.69) is 20.6 Å². The summed E-state index contributed by atoms with van der Waals surface area (Å²) >= 11 is 0. The van der Waals surface area contributed by atoms with Crippen molar-refractivity contribution in [3.63, 3.8) is 0 Å². The van der Waals surface area contributed by atoms with E-state index < -0.39 is 23.3 Å². The van der Waals surface area contributed by atoms with Crippen LogP contribution in [0.3, 0.4) is 0 Å². The van der Waals surface area contributed by atoms with Crippen LogP contribution in [0.5, 0.6) is 5.75 Å². The van der Waals surface area contributed by atoms with Gasteiger partial charge >= 0.3 is 12.1 Å². The molecule has 2 aromatic carbocycles. The number of hydrogen-bond donors (Lipinski definition) is 5. The number of hydrogen-bond acceptors (Lipinski definition) is 7. The molecule has 0 aliphatic carbocycles. The van der Waals surface area contributed by atoms with Crippen LogP contribution < -0.4 is 15.4 Å². The van der Waals surface area contributed by atoms with Gasteiger partial charge in [-0.25, -0.2) is 9.59 Å². The number of H-pyrrole nitrogens is 2. The Bertz CT molecular complexity index is 1670. The molecule has 0 radical (unpaired) electrons. The van der Waals surface area contributed by atoms with Gasteiger partial charge < -0.3 is 29.5 Å². The van der Waals surface area contributed by atoms with Gasteiger partial charge in [0.2, 0.25) is 0 Å². The number of methoxy groups -OCH3 is 1. The number of benzene rings is 2. The van der Waals surface area contributed by atoms with Crippen LogP contribution in [0.15, 0.2) is 42.5 Å². The lowest BCUT2D eigenvalue weighted by Gasteiger charge is -2.21. The maximum Gasteiger partial charge on any atom is 0.413 e. The lowest BCUT2D eigenvalue weighted by Crippen LogP contribution is -2.37. The summed E-state index contributed by atoms with van der Waals surface area (Å²) in [5, 5.41) is 15.4. The molecule has 11 heteroatoms. The van der Waals surface area contributed by atoms with E-state index in [9.17, 15) is 14.4 Å². The molecule has 0 unspecified atom stereocenters. The van der Waals surface area contributed by atoms with Crippen LogP contribution in [0, 0.1) is 5.41 Å². The second-order valence-electron chi connectivity index (χ2n) is 11.9. The SMILES string of the molecule is COc1ccc2[nH]c(C(=O)NCCc3ccc4[nH]c(C(=O)OC(C)(C)C)c(C(=N)NC(=O)OC(C)(C)C)c4c3)cc2c1. The fourth-order valence-electron chi connectivity index (χ4n) is 4.38. The predicted octanol–water partition coefficient (Wildman–Crippen LogP) is 5.44. The van der Waals surface area contributed by atoms with Crippen LogP contribution in [0.4, 0.5) is 4.79 Å². The Balaban J connectivity index is 1.55. The van der Waals surface area contributed by atoms with Crippen molar-refractivity contribution in [1.82, 2.24) is 20.6 Å². The Labute approximate surface area is 243 Å². The van der Waals surface area contributed by atoms with Gasteiger partial charge in [0.1, 0.15) is 34.2 Å². The number of ether oxygens (including phenoxy) is 3. The van der Waals surface area contributed by atoms with E-state index in [0.29, 0.717) is 35.3 Å². The molecule has 222 valence electrons. The van der Waals surface area contributed by atoms with Crippen LogP contribution in [0.2, 0.25) is 0 Å². The van der Waals surface area contributed by atoms with Crippen molar-refractivity contribution >= 4 is 45.6 Å². The van der Waals surface area contributed by atoms with Gasteiger partial charge in [-0.15, -0.1) is 0 Å². The second-order valence-corrected chi connectivity index (χ2v) is 11.9. The lowest BCUT2D eigenvalue weighted by atomic mass is 10.0. The minimum absolute atomic E-state index is 0.0434. The van der Waals surface area contributed by atoms with Crippen molar-refractivity contribution in [1.29, 1.82) is 5.41 Å². The maximum absolute atomic E-state index is 13.1. The van der Waals surface area contributed by atoms with Gasteiger partial charge in [-0.1, -0.05) is 6.07 Å². The number of rotatable bonds is 7. The van der Waals surface area contributed by atoms with E-state index in [-0.39, 0.29) is 23.0 Å². The summed E-state index contributed by atoms with van der Waals surface area (Å²) in [5.41, 5.74) is 1.39. The van der Waals surface area contributed by atoms with Crippen molar-refractivity contribution in [2.45, 2.75) is 59.2 Å². The number of nitrogens with one attached hydrogen (secondary N) is 5. The molecule has 2 aromatic heterocycles. The monoisotopic (exact) mass is 575 g/mol. The smallest absolute Gasteiger partial charge is 0.413 e. The summed E-state index contributed by atoms with van der Waals surface area (Å²) < 4.78 is 16.1. The third-order valence-electron chi connectivity index (χ3n) is 6.11. The third-order valence-corrected chi connectivity index (χ3v) is 6.11. The van der Waals surface area contributed by atoms with Crippen LogP contribution in [-0.4, -0.2) is 58.6 Å². The summed E-state index contributed by atoms with van der Waals surface area (Å²) in [6.45, 7) is 10.7. The zero-order valence-corrected chi connectivity index (χ0v) is 24.9. The van der Waals surface area contributed by atoms with Crippen molar-refractivity contribution in [2.24, 2.45) is 0 Å². The van der Waals surface area contributed by atoms with Crippen molar-refractivity contribution in [3.05, 3.63) is 65.0 Å². The summed E-state index contributed by atoms with van der Waals surface area (Å²) in [6.07, 6.45) is -0.333. The van der Waals surface area contributed by atoms with Crippen molar-refractivity contribution in [3.8, 4) is 5.75 Å². The number of aromatic amines is 2. The molecule has 0 saturated carbocycles. The zero-order valence-electron chi connectivity index (χ0n) is 24.9. The first-order valence-electron chi connectivity index (χ1n) is 13.6. The molecule has 0 atom stereocenters. The number of alkyl carbamates (subject to hydrolysis) is 1. The molecule has 5 N–H and O–H groups in total. The molecule has 0 saturated heterocycles. The molecule has 42 heavy (non-hydrogen) atoms. The van der Waals surface area contributed by atoms with Crippen molar-refractivity contribution < 1.29 is 28.6 Å². The number of esters is 1. The molecular weight excluding hydrogens is 538 g/mol. The van der Waals surface area contributed by atoms with E-state index in [1.54, 1.807) is 60.8 Å². The zero-order chi connectivity index (χ0) is 30.8. The number of carbonyl (C=O) groups is 3. The minimum atomic E-state index is -0.814. The summed E-state index contributed by atoms with van der Waals surface area (Å²) in [6, 6.07) is 12.8. The topological polar surface area (TPSA) is 158 Å². The molecule has 0 bridgehead atoms. The minimum Gasteiger partial charge on any atom is -0.497 e. The van der Waals surface area contributed by atoms with Crippen LogP contribution >= 0.6 is 0 Å². The number of fused-ring (bicyclic) bond motifs is 2. The highest BCUT2D eigenvalue weighted by Gasteiger charge is 2.28.